The van der Waals surface area contributed by atoms with Gasteiger partial charge >= 0.3 is 0 Å². The molecule has 2 aliphatic carbocycles. The van der Waals surface area contributed by atoms with Crippen LogP contribution in [-0.2, 0) is 26.3 Å². The minimum Gasteiger partial charge on any atom is -0.398 e. The maximum atomic E-state index is 5.83. The molecule has 178 valence electrons. The van der Waals surface area contributed by atoms with Crippen LogP contribution in [0.1, 0.15) is 43.5 Å². The third kappa shape index (κ3) is 5.22. The second-order valence-electron chi connectivity index (χ2n) is 8.99. The van der Waals surface area contributed by atoms with Crippen molar-refractivity contribution in [3.8, 4) is 0 Å². The van der Waals surface area contributed by atoms with Gasteiger partial charge in [0.15, 0.2) is 0 Å². The number of benzene rings is 1. The van der Waals surface area contributed by atoms with Gasteiger partial charge in [0.05, 0.1) is 5.52 Å². The van der Waals surface area contributed by atoms with E-state index in [4.69, 9.17) is 17.2 Å². The van der Waals surface area contributed by atoms with Gasteiger partial charge in [-0.15, -0.1) is 0 Å². The van der Waals surface area contributed by atoms with E-state index < -0.39 is 0 Å². The Morgan fingerprint density at radius 3 is 2.35 bits per heavy atom. The molecule has 0 spiro atoms. The molecule has 0 radical (unpaired) electrons. The van der Waals surface area contributed by atoms with Gasteiger partial charge < -0.3 is 21.8 Å². The van der Waals surface area contributed by atoms with Gasteiger partial charge in [0.25, 0.3) is 0 Å². The molecule has 6 N–H and O–H groups in total. The van der Waals surface area contributed by atoms with Crippen LogP contribution in [0.4, 0.5) is 17.3 Å². The first-order valence-electron chi connectivity index (χ1n) is 11.3. The maximum Gasteiger partial charge on any atom is 0.132 e. The fourth-order valence-corrected chi connectivity index (χ4v) is 4.56. The Balaban J connectivity index is 0.000000141. The number of aromatic nitrogens is 3. The number of fused-ring (bicyclic) bond motifs is 3. The van der Waals surface area contributed by atoms with Gasteiger partial charge in [-0.2, -0.15) is 0 Å². The lowest BCUT2D eigenvalue weighted by Gasteiger charge is -2.00. The van der Waals surface area contributed by atoms with Crippen molar-refractivity contribution < 1.29 is 0 Å². The average Bonchev–Trinajstić information content (AvgIpc) is 3.47. The molecule has 0 saturated heterocycles. The van der Waals surface area contributed by atoms with Crippen molar-refractivity contribution in [2.45, 2.75) is 40.5 Å². The predicted octanol–water partition coefficient (Wildman–Crippen LogP) is 5.42. The Morgan fingerprint density at radius 2 is 1.65 bits per heavy atom. The molecule has 3 aromatic heterocycles. The van der Waals surface area contributed by atoms with E-state index in [-0.39, 0.29) is 7.43 Å². The third-order valence-electron chi connectivity index (χ3n) is 6.24. The van der Waals surface area contributed by atoms with Crippen molar-refractivity contribution in [2.24, 2.45) is 13.0 Å². The van der Waals surface area contributed by atoms with Crippen LogP contribution in [0.5, 0.6) is 0 Å². The highest BCUT2D eigenvalue weighted by Crippen LogP contribution is 2.30. The Hall–Kier alpha value is -3.80. The lowest BCUT2D eigenvalue weighted by molar-refractivity contribution is 0.628. The molecule has 6 nitrogen and oxygen atoms in total. The lowest BCUT2D eigenvalue weighted by Crippen LogP contribution is -1.94. The Kier molecular flexibility index (Phi) is 7.61. The first kappa shape index (κ1) is 24.8. The van der Waals surface area contributed by atoms with Gasteiger partial charge in [-0.1, -0.05) is 38.1 Å². The molecule has 0 amide bonds. The van der Waals surface area contributed by atoms with Crippen LogP contribution < -0.4 is 17.2 Å². The summed E-state index contributed by atoms with van der Waals surface area (Å²) in [5.41, 5.74) is 25.9. The molecule has 6 rings (SSSR count). The standard InChI is InChI=1S/C10H13N.C9H10N2.C8H9N3.CH4/c1-7-5-8-3-2-4-10(11)9(8)6-7;1-6-4-7-2-3-11-9(10)8(7)5-6;1-11-5-3-6-7(11)2-4-10-8(6)9;/h2-4,7H,5-6,11H2,1H3;2-3,5H,4H2,1H3,(H2,10,11);2-5H,1H3,(H2,9,10);1H4. The van der Waals surface area contributed by atoms with Crippen LogP contribution in [0, 0.1) is 5.92 Å². The molecule has 3 heterocycles. The van der Waals surface area contributed by atoms with Crippen LogP contribution in [-0.4, -0.2) is 14.5 Å². The van der Waals surface area contributed by atoms with Gasteiger partial charge in [0, 0.05) is 42.3 Å². The van der Waals surface area contributed by atoms with Gasteiger partial charge in [0.1, 0.15) is 11.6 Å². The zero-order valence-corrected chi connectivity index (χ0v) is 19.5. The number of allylic oxidation sites excluding steroid dienone is 1. The van der Waals surface area contributed by atoms with Crippen molar-refractivity contribution >= 4 is 34.3 Å². The summed E-state index contributed by atoms with van der Waals surface area (Å²) in [6.07, 6.45) is 11.0. The largest absolute Gasteiger partial charge is 0.398 e. The van der Waals surface area contributed by atoms with Crippen LogP contribution >= 0.6 is 0 Å². The highest BCUT2D eigenvalue weighted by atomic mass is 14.9. The Morgan fingerprint density at radius 1 is 0.912 bits per heavy atom. The predicted molar refractivity (Wildman–Crippen MR) is 145 cm³/mol. The van der Waals surface area contributed by atoms with Gasteiger partial charge in [-0.05, 0) is 73.1 Å². The normalized spacial score (nSPS) is 15.1. The van der Waals surface area contributed by atoms with E-state index in [1.54, 1.807) is 12.4 Å². The molecular formula is C28H36N6. The molecule has 2 aliphatic rings. The molecule has 0 saturated carbocycles. The smallest absolute Gasteiger partial charge is 0.132 e. The van der Waals surface area contributed by atoms with Crippen LogP contribution in [0.2, 0.25) is 0 Å². The van der Waals surface area contributed by atoms with E-state index in [0.717, 1.165) is 34.5 Å². The fraction of sp³-hybridized carbons (Fsp3) is 0.286. The minimum absolute atomic E-state index is 0. The monoisotopic (exact) mass is 456 g/mol. The van der Waals surface area contributed by atoms with E-state index in [9.17, 15) is 0 Å². The van der Waals surface area contributed by atoms with E-state index in [0.29, 0.717) is 11.6 Å². The van der Waals surface area contributed by atoms with Crippen molar-refractivity contribution in [2.75, 3.05) is 17.2 Å². The summed E-state index contributed by atoms with van der Waals surface area (Å²) in [5.74, 6) is 2.04. The van der Waals surface area contributed by atoms with E-state index in [1.807, 2.05) is 48.1 Å². The molecule has 1 unspecified atom stereocenters. The summed E-state index contributed by atoms with van der Waals surface area (Å²) in [5, 5.41) is 1.02. The molecule has 0 aliphatic heterocycles. The van der Waals surface area contributed by atoms with Crippen molar-refractivity contribution in [3.05, 3.63) is 82.8 Å². The molecule has 4 aromatic rings. The first-order chi connectivity index (χ1) is 15.8. The summed E-state index contributed by atoms with van der Waals surface area (Å²) >= 11 is 0. The molecule has 1 aromatic carbocycles. The number of hydrogen-bond donors (Lipinski definition) is 3. The molecule has 0 bridgehead atoms. The maximum absolute atomic E-state index is 5.83. The highest BCUT2D eigenvalue weighted by Gasteiger charge is 2.18. The third-order valence-corrected chi connectivity index (χ3v) is 6.24. The number of hydrogen-bond acceptors (Lipinski definition) is 5. The fourth-order valence-electron chi connectivity index (χ4n) is 4.56. The second-order valence-corrected chi connectivity index (χ2v) is 8.99. The minimum atomic E-state index is 0. The van der Waals surface area contributed by atoms with Crippen molar-refractivity contribution in [3.63, 3.8) is 0 Å². The van der Waals surface area contributed by atoms with Crippen LogP contribution in [0.15, 0.2) is 60.6 Å². The van der Waals surface area contributed by atoms with Crippen molar-refractivity contribution in [1.29, 1.82) is 0 Å². The Labute approximate surface area is 202 Å². The topological polar surface area (TPSA) is 109 Å². The summed E-state index contributed by atoms with van der Waals surface area (Å²) < 4.78 is 2.02. The number of pyridine rings is 2. The zero-order chi connectivity index (χ0) is 23.5. The number of nitrogen functional groups attached to an aromatic ring is 3. The number of nitrogens with two attached hydrogens (primary N) is 3. The van der Waals surface area contributed by atoms with Gasteiger partial charge in [-0.25, -0.2) is 9.97 Å². The number of anilines is 3. The van der Waals surface area contributed by atoms with E-state index in [1.165, 1.54) is 35.1 Å². The van der Waals surface area contributed by atoms with Crippen LogP contribution in [0.3, 0.4) is 0 Å². The SMILES string of the molecule is C.CC1=Cc2c(ccnc2N)C1.CC1Cc2cccc(N)c2C1.Cn1ccc2c(N)nccc21. The van der Waals surface area contributed by atoms with Crippen LogP contribution in [0.25, 0.3) is 17.0 Å². The Bertz CT molecular complexity index is 1310. The molecule has 34 heavy (non-hydrogen) atoms. The van der Waals surface area contributed by atoms with Gasteiger partial charge in [-0.3, -0.25) is 0 Å². The number of rotatable bonds is 0. The van der Waals surface area contributed by atoms with E-state index >= 15 is 0 Å². The number of aryl methyl sites for hydroxylation is 1. The summed E-state index contributed by atoms with van der Waals surface area (Å²) in [4.78, 5) is 8.00. The zero-order valence-electron chi connectivity index (χ0n) is 19.5. The van der Waals surface area contributed by atoms with Gasteiger partial charge in [0.2, 0.25) is 0 Å². The first-order valence-corrected chi connectivity index (χ1v) is 11.3. The highest BCUT2D eigenvalue weighted by molar-refractivity contribution is 5.88. The van der Waals surface area contributed by atoms with E-state index in [2.05, 4.69) is 36.0 Å². The molecule has 1 atom stereocenters. The summed E-state index contributed by atoms with van der Waals surface area (Å²) in [6.45, 7) is 4.39. The lowest BCUT2D eigenvalue weighted by atomic mass is 10.1. The molecular weight excluding hydrogens is 420 g/mol. The second kappa shape index (κ2) is 10.4. The quantitative estimate of drug-likeness (QED) is 0.306. The average molecular weight is 457 g/mol. The summed E-state index contributed by atoms with van der Waals surface area (Å²) in [7, 11) is 1.99. The summed E-state index contributed by atoms with van der Waals surface area (Å²) in [6, 6.07) is 12.2. The molecule has 0 fully saturated rings. The van der Waals surface area contributed by atoms with Crippen molar-refractivity contribution in [1.82, 2.24) is 14.5 Å². The number of nitrogens with zero attached hydrogens (tertiary/aromatic N) is 3. The molecule has 6 heteroatoms.